The number of halogens is 1. The molecule has 1 aromatic carbocycles. The van der Waals surface area contributed by atoms with Gasteiger partial charge >= 0.3 is 0 Å². The topological polar surface area (TPSA) is 101 Å². The number of carbonyl (C=O) groups is 1. The van der Waals surface area contributed by atoms with Gasteiger partial charge in [0.05, 0.1) is 4.90 Å². The van der Waals surface area contributed by atoms with E-state index in [0.717, 1.165) is 25.7 Å². The summed E-state index contributed by atoms with van der Waals surface area (Å²) >= 11 is 0. The number of nitrogens with one attached hydrogen (secondary N) is 2. The predicted molar refractivity (Wildman–Crippen MR) is 97.8 cm³/mol. The molecule has 0 spiro atoms. The van der Waals surface area contributed by atoms with Crippen LogP contribution in [0, 0.1) is 5.41 Å². The number of carbonyl (C=O) groups excluding carboxylic acids is 1. The minimum absolute atomic E-state index is 0. The molecule has 1 saturated carbocycles. The lowest BCUT2D eigenvalue weighted by Crippen LogP contribution is -2.36. The average molecular weight is 376 g/mol. The van der Waals surface area contributed by atoms with Crippen LogP contribution in [0.25, 0.3) is 0 Å². The first-order valence-electron chi connectivity index (χ1n) is 7.94. The SMILES string of the molecule is CNS(=O)(=O)c1cccc(NC(=O)CC2(CN)CCCCC2)c1.Cl. The van der Waals surface area contributed by atoms with Crippen LogP contribution in [0.2, 0.25) is 0 Å². The third-order valence-electron chi connectivity index (χ3n) is 4.58. The van der Waals surface area contributed by atoms with Gasteiger partial charge in [0, 0.05) is 12.1 Å². The molecular formula is C16H26ClN3O3S. The molecule has 136 valence electrons. The fourth-order valence-corrected chi connectivity index (χ4v) is 3.94. The highest BCUT2D eigenvalue weighted by Gasteiger charge is 2.33. The molecule has 0 heterocycles. The average Bonchev–Trinajstić information content (AvgIpc) is 2.55. The van der Waals surface area contributed by atoms with Crippen molar-refractivity contribution in [3.05, 3.63) is 24.3 Å². The summed E-state index contributed by atoms with van der Waals surface area (Å²) in [6.45, 7) is 0.509. The third-order valence-corrected chi connectivity index (χ3v) is 5.99. The van der Waals surface area contributed by atoms with Gasteiger partial charge in [0.15, 0.2) is 0 Å². The maximum Gasteiger partial charge on any atom is 0.240 e. The molecule has 0 saturated heterocycles. The molecule has 1 aliphatic rings. The first-order chi connectivity index (χ1) is 10.9. The van der Waals surface area contributed by atoms with E-state index in [1.54, 1.807) is 12.1 Å². The van der Waals surface area contributed by atoms with E-state index < -0.39 is 10.0 Å². The van der Waals surface area contributed by atoms with Crippen LogP contribution in [0.5, 0.6) is 0 Å². The van der Waals surface area contributed by atoms with Crippen molar-refractivity contribution in [2.24, 2.45) is 11.1 Å². The molecule has 0 aromatic heterocycles. The number of hydrogen-bond donors (Lipinski definition) is 3. The van der Waals surface area contributed by atoms with E-state index >= 15 is 0 Å². The van der Waals surface area contributed by atoms with Crippen molar-refractivity contribution in [2.45, 2.75) is 43.4 Å². The number of anilines is 1. The van der Waals surface area contributed by atoms with Crippen molar-refractivity contribution in [1.82, 2.24) is 4.72 Å². The van der Waals surface area contributed by atoms with Crippen molar-refractivity contribution < 1.29 is 13.2 Å². The number of nitrogens with two attached hydrogens (primary N) is 1. The number of hydrogen-bond acceptors (Lipinski definition) is 4. The molecule has 2 rings (SSSR count). The summed E-state index contributed by atoms with van der Waals surface area (Å²) < 4.78 is 25.9. The first kappa shape index (κ1) is 20.9. The lowest BCUT2D eigenvalue weighted by molar-refractivity contribution is -0.118. The highest BCUT2D eigenvalue weighted by atomic mass is 35.5. The first-order valence-corrected chi connectivity index (χ1v) is 9.43. The van der Waals surface area contributed by atoms with Gasteiger partial charge in [0.25, 0.3) is 0 Å². The van der Waals surface area contributed by atoms with Crippen LogP contribution in [-0.2, 0) is 14.8 Å². The largest absolute Gasteiger partial charge is 0.330 e. The molecular weight excluding hydrogens is 350 g/mol. The Morgan fingerprint density at radius 3 is 2.50 bits per heavy atom. The van der Waals surface area contributed by atoms with Crippen molar-refractivity contribution in [2.75, 3.05) is 18.9 Å². The zero-order chi connectivity index (χ0) is 16.9. The quantitative estimate of drug-likeness (QED) is 0.709. The second-order valence-corrected chi connectivity index (χ2v) is 8.11. The molecule has 6 nitrogen and oxygen atoms in total. The molecule has 1 amide bonds. The van der Waals surface area contributed by atoms with Crippen LogP contribution in [0.1, 0.15) is 38.5 Å². The fraction of sp³-hybridized carbons (Fsp3) is 0.562. The zero-order valence-corrected chi connectivity index (χ0v) is 15.5. The van der Waals surface area contributed by atoms with E-state index in [1.807, 2.05) is 0 Å². The van der Waals surface area contributed by atoms with Crippen LogP contribution in [0.4, 0.5) is 5.69 Å². The minimum Gasteiger partial charge on any atom is -0.330 e. The van der Waals surface area contributed by atoms with E-state index in [9.17, 15) is 13.2 Å². The van der Waals surface area contributed by atoms with Gasteiger partial charge < -0.3 is 11.1 Å². The van der Waals surface area contributed by atoms with Crippen LogP contribution in [0.15, 0.2) is 29.2 Å². The van der Waals surface area contributed by atoms with Crippen molar-refractivity contribution in [3.8, 4) is 0 Å². The Bertz CT molecular complexity index is 658. The molecule has 0 bridgehead atoms. The second kappa shape index (κ2) is 8.80. The standard InChI is InChI=1S/C16H25N3O3S.ClH/c1-18-23(21,22)14-7-5-6-13(10-14)19-15(20)11-16(12-17)8-3-2-4-9-16;/h5-7,10,18H,2-4,8-9,11-12,17H2,1H3,(H,19,20);1H. The van der Waals surface area contributed by atoms with E-state index in [2.05, 4.69) is 10.0 Å². The minimum atomic E-state index is -3.52. The molecule has 0 unspecified atom stereocenters. The summed E-state index contributed by atoms with van der Waals surface area (Å²) in [7, 11) is -2.17. The Labute approximate surface area is 150 Å². The fourth-order valence-electron chi connectivity index (χ4n) is 3.16. The Balaban J connectivity index is 0.00000288. The molecule has 8 heteroatoms. The van der Waals surface area contributed by atoms with Gasteiger partial charge in [-0.1, -0.05) is 25.3 Å². The zero-order valence-electron chi connectivity index (χ0n) is 13.9. The number of rotatable bonds is 6. The molecule has 0 radical (unpaired) electrons. The Morgan fingerprint density at radius 1 is 1.25 bits per heavy atom. The lowest BCUT2D eigenvalue weighted by Gasteiger charge is -2.35. The predicted octanol–water partition coefficient (Wildman–Crippen LogP) is 2.25. The highest BCUT2D eigenvalue weighted by molar-refractivity contribution is 7.89. The Morgan fingerprint density at radius 2 is 1.92 bits per heavy atom. The van der Waals surface area contributed by atoms with Gasteiger partial charge in [-0.05, 0) is 50.0 Å². The smallest absolute Gasteiger partial charge is 0.240 e. The number of benzene rings is 1. The summed E-state index contributed by atoms with van der Waals surface area (Å²) in [6, 6.07) is 6.24. The van der Waals surface area contributed by atoms with Crippen molar-refractivity contribution >= 4 is 34.0 Å². The normalized spacial score (nSPS) is 16.9. The molecule has 1 fully saturated rings. The van der Waals surface area contributed by atoms with E-state index in [4.69, 9.17) is 5.73 Å². The molecule has 0 atom stereocenters. The number of sulfonamides is 1. The maximum atomic E-state index is 12.3. The van der Waals surface area contributed by atoms with Gasteiger partial charge in [-0.15, -0.1) is 12.4 Å². The molecule has 1 aromatic rings. The van der Waals surface area contributed by atoms with Gasteiger partial charge in [-0.25, -0.2) is 13.1 Å². The summed E-state index contributed by atoms with van der Waals surface area (Å²) in [5.74, 6) is -0.114. The van der Waals surface area contributed by atoms with Gasteiger partial charge in [0.2, 0.25) is 15.9 Å². The van der Waals surface area contributed by atoms with Gasteiger partial charge in [0.1, 0.15) is 0 Å². The highest BCUT2D eigenvalue weighted by Crippen LogP contribution is 2.38. The van der Waals surface area contributed by atoms with Crippen molar-refractivity contribution in [1.29, 1.82) is 0 Å². The summed E-state index contributed by atoms with van der Waals surface area (Å²) in [4.78, 5) is 12.5. The van der Waals surface area contributed by atoms with E-state index in [-0.39, 0.29) is 28.6 Å². The van der Waals surface area contributed by atoms with Crippen LogP contribution in [-0.4, -0.2) is 27.9 Å². The van der Waals surface area contributed by atoms with Crippen LogP contribution >= 0.6 is 12.4 Å². The maximum absolute atomic E-state index is 12.3. The van der Waals surface area contributed by atoms with Crippen molar-refractivity contribution in [3.63, 3.8) is 0 Å². The molecule has 24 heavy (non-hydrogen) atoms. The summed E-state index contributed by atoms with van der Waals surface area (Å²) in [6.07, 6.45) is 5.76. The van der Waals surface area contributed by atoms with E-state index in [0.29, 0.717) is 18.7 Å². The lowest BCUT2D eigenvalue weighted by atomic mass is 9.71. The Hall–Kier alpha value is -1.15. The molecule has 0 aliphatic heterocycles. The molecule has 4 N–H and O–H groups in total. The monoisotopic (exact) mass is 375 g/mol. The van der Waals surface area contributed by atoms with Crippen LogP contribution < -0.4 is 15.8 Å². The second-order valence-electron chi connectivity index (χ2n) is 6.23. The van der Waals surface area contributed by atoms with Gasteiger partial charge in [-0.3, -0.25) is 4.79 Å². The van der Waals surface area contributed by atoms with Crippen LogP contribution in [0.3, 0.4) is 0 Å². The summed E-state index contributed by atoms with van der Waals surface area (Å²) in [5, 5.41) is 2.80. The Kier molecular flexibility index (Phi) is 7.66. The van der Waals surface area contributed by atoms with Gasteiger partial charge in [-0.2, -0.15) is 0 Å². The number of amides is 1. The molecule has 1 aliphatic carbocycles. The van der Waals surface area contributed by atoms with E-state index in [1.165, 1.54) is 25.6 Å². The summed E-state index contributed by atoms with van der Waals surface area (Å²) in [5.41, 5.74) is 6.28. The third kappa shape index (κ3) is 5.17.